The van der Waals surface area contributed by atoms with E-state index in [2.05, 4.69) is 12.2 Å². The zero-order chi connectivity index (χ0) is 23.3. The summed E-state index contributed by atoms with van der Waals surface area (Å²) >= 11 is 0. The fourth-order valence-electron chi connectivity index (χ4n) is 3.81. The largest absolute Gasteiger partial charge is 0.496 e. The number of ether oxygens (including phenoxy) is 3. The Bertz CT molecular complexity index is 1140. The van der Waals surface area contributed by atoms with Crippen molar-refractivity contribution in [3.63, 3.8) is 0 Å². The Morgan fingerprint density at radius 3 is 2.50 bits per heavy atom. The molecule has 6 heteroatoms. The Morgan fingerprint density at radius 1 is 1.09 bits per heavy atom. The Morgan fingerprint density at radius 2 is 1.84 bits per heavy atom. The number of carbonyl (C=O) groups excluding carboxylic acids is 1. The summed E-state index contributed by atoms with van der Waals surface area (Å²) in [6.07, 6.45) is 5.34. The van der Waals surface area contributed by atoms with Crippen LogP contribution in [0, 0.1) is 6.92 Å². The van der Waals surface area contributed by atoms with E-state index in [4.69, 9.17) is 18.6 Å². The fourth-order valence-corrected chi connectivity index (χ4v) is 3.81. The first-order chi connectivity index (χ1) is 15.4. The maximum absolute atomic E-state index is 12.3. The molecule has 32 heavy (non-hydrogen) atoms. The van der Waals surface area contributed by atoms with E-state index in [1.165, 1.54) is 0 Å². The smallest absolute Gasteiger partial charge is 0.244 e. The summed E-state index contributed by atoms with van der Waals surface area (Å²) in [5.41, 5.74) is 5.16. The Kier molecular flexibility index (Phi) is 7.46. The van der Waals surface area contributed by atoms with Crippen LogP contribution in [-0.2, 0) is 4.79 Å². The summed E-state index contributed by atoms with van der Waals surface area (Å²) in [6.45, 7) is 6.64. The van der Waals surface area contributed by atoms with Gasteiger partial charge in [0.1, 0.15) is 11.3 Å². The summed E-state index contributed by atoms with van der Waals surface area (Å²) in [6, 6.07) is 7.78. The quantitative estimate of drug-likeness (QED) is 0.341. The third-order valence-electron chi connectivity index (χ3n) is 5.54. The molecule has 0 saturated heterocycles. The number of amides is 1. The lowest BCUT2D eigenvalue weighted by Crippen LogP contribution is -2.22. The fraction of sp³-hybridized carbons (Fsp3) is 0.346. The highest BCUT2D eigenvalue weighted by Gasteiger charge is 2.19. The van der Waals surface area contributed by atoms with Gasteiger partial charge in [0.2, 0.25) is 5.91 Å². The van der Waals surface area contributed by atoms with Crippen molar-refractivity contribution in [3.05, 3.63) is 47.7 Å². The molecule has 170 valence electrons. The van der Waals surface area contributed by atoms with Gasteiger partial charge in [-0.15, -0.1) is 0 Å². The molecule has 0 unspecified atom stereocenters. The average Bonchev–Trinajstić information content (AvgIpc) is 3.23. The van der Waals surface area contributed by atoms with E-state index in [9.17, 15) is 4.79 Å². The zero-order valence-corrected chi connectivity index (χ0v) is 19.6. The summed E-state index contributed by atoms with van der Waals surface area (Å²) in [7, 11) is 4.85. The molecule has 0 saturated carbocycles. The van der Waals surface area contributed by atoms with Crippen molar-refractivity contribution >= 4 is 22.4 Å². The van der Waals surface area contributed by atoms with Crippen molar-refractivity contribution < 1.29 is 23.4 Å². The van der Waals surface area contributed by atoms with Crippen LogP contribution in [0.1, 0.15) is 37.8 Å². The van der Waals surface area contributed by atoms with Crippen molar-refractivity contribution in [1.82, 2.24) is 5.32 Å². The highest BCUT2D eigenvalue weighted by atomic mass is 16.5. The molecule has 0 fully saturated rings. The van der Waals surface area contributed by atoms with E-state index in [1.54, 1.807) is 33.7 Å². The minimum absolute atomic E-state index is 0.108. The van der Waals surface area contributed by atoms with Crippen molar-refractivity contribution in [2.75, 3.05) is 27.9 Å². The first-order valence-corrected chi connectivity index (χ1v) is 10.7. The number of methoxy groups -OCH3 is 3. The number of aryl methyl sites for hydroxylation is 1. The van der Waals surface area contributed by atoms with Gasteiger partial charge < -0.3 is 23.9 Å². The number of rotatable bonds is 9. The van der Waals surface area contributed by atoms with Gasteiger partial charge in [-0.3, -0.25) is 4.79 Å². The number of unbranched alkanes of at least 4 members (excludes halogenated alkanes) is 1. The first kappa shape index (κ1) is 23.3. The van der Waals surface area contributed by atoms with Crippen LogP contribution in [0.4, 0.5) is 0 Å². The molecule has 1 heterocycles. The lowest BCUT2D eigenvalue weighted by atomic mass is 9.96. The minimum Gasteiger partial charge on any atom is -0.496 e. The molecule has 0 aliphatic carbocycles. The lowest BCUT2D eigenvalue weighted by Gasteiger charge is -2.14. The van der Waals surface area contributed by atoms with E-state index < -0.39 is 0 Å². The molecule has 1 amide bonds. The van der Waals surface area contributed by atoms with E-state index in [0.29, 0.717) is 23.8 Å². The second kappa shape index (κ2) is 10.3. The van der Waals surface area contributed by atoms with E-state index >= 15 is 0 Å². The standard InChI is InChI=1S/C26H31NO5/c1-7-8-11-27-24(28)12-16(2)19-14-20-21(15-32-26(20)17(3)25(19)31-6)18-9-10-22(29-4)23(13-18)30-5/h9-10,12-15H,7-8,11H2,1-6H3,(H,27,28)/b16-12+. The van der Waals surface area contributed by atoms with Gasteiger partial charge in [-0.1, -0.05) is 19.4 Å². The van der Waals surface area contributed by atoms with Crippen molar-refractivity contribution in [2.24, 2.45) is 0 Å². The van der Waals surface area contributed by atoms with Gasteiger partial charge in [-0.2, -0.15) is 0 Å². The summed E-state index contributed by atoms with van der Waals surface area (Å²) in [5.74, 6) is 1.89. The van der Waals surface area contributed by atoms with Gasteiger partial charge in [0.15, 0.2) is 11.5 Å². The molecule has 0 aliphatic rings. The second-order valence-corrected chi connectivity index (χ2v) is 7.65. The Labute approximate surface area is 189 Å². The maximum atomic E-state index is 12.3. The minimum atomic E-state index is -0.108. The van der Waals surface area contributed by atoms with E-state index in [1.807, 2.05) is 38.1 Å². The highest BCUT2D eigenvalue weighted by molar-refractivity contribution is 6.01. The van der Waals surface area contributed by atoms with Crippen LogP contribution in [0.3, 0.4) is 0 Å². The molecular weight excluding hydrogens is 406 g/mol. The molecular formula is C26H31NO5. The topological polar surface area (TPSA) is 69.9 Å². The van der Waals surface area contributed by atoms with Crippen LogP contribution in [0.15, 0.2) is 41.0 Å². The molecule has 3 rings (SSSR count). The summed E-state index contributed by atoms with van der Waals surface area (Å²) in [4.78, 5) is 12.3. The predicted octanol–water partition coefficient (Wildman–Crippen LogP) is 5.75. The number of hydrogen-bond donors (Lipinski definition) is 1. The van der Waals surface area contributed by atoms with Gasteiger partial charge in [0, 0.05) is 34.7 Å². The molecule has 1 aromatic heterocycles. The average molecular weight is 438 g/mol. The Balaban J connectivity index is 2.10. The van der Waals surface area contributed by atoms with Crippen LogP contribution >= 0.6 is 0 Å². The van der Waals surface area contributed by atoms with Crippen LogP contribution in [0.25, 0.3) is 27.7 Å². The van der Waals surface area contributed by atoms with Crippen molar-refractivity contribution in [2.45, 2.75) is 33.6 Å². The molecule has 1 N–H and O–H groups in total. The monoisotopic (exact) mass is 437 g/mol. The van der Waals surface area contributed by atoms with Crippen LogP contribution < -0.4 is 19.5 Å². The number of fused-ring (bicyclic) bond motifs is 1. The molecule has 0 bridgehead atoms. The number of furan rings is 1. The second-order valence-electron chi connectivity index (χ2n) is 7.65. The molecule has 0 spiro atoms. The van der Waals surface area contributed by atoms with Gasteiger partial charge in [-0.25, -0.2) is 0 Å². The number of hydrogen-bond acceptors (Lipinski definition) is 5. The lowest BCUT2D eigenvalue weighted by molar-refractivity contribution is -0.116. The molecule has 2 aromatic carbocycles. The number of allylic oxidation sites excluding steroid dienone is 1. The van der Waals surface area contributed by atoms with Gasteiger partial charge in [0.25, 0.3) is 0 Å². The number of benzene rings is 2. The molecule has 3 aromatic rings. The molecule has 0 atom stereocenters. The normalized spacial score (nSPS) is 11.5. The van der Waals surface area contributed by atoms with Gasteiger partial charge in [-0.05, 0) is 49.6 Å². The van der Waals surface area contributed by atoms with Gasteiger partial charge >= 0.3 is 0 Å². The van der Waals surface area contributed by atoms with Crippen LogP contribution in [0.2, 0.25) is 0 Å². The molecule has 0 aliphatic heterocycles. The maximum Gasteiger partial charge on any atom is 0.244 e. The molecule has 6 nitrogen and oxygen atoms in total. The van der Waals surface area contributed by atoms with E-state index in [-0.39, 0.29) is 5.91 Å². The number of nitrogens with one attached hydrogen (secondary N) is 1. The summed E-state index contributed by atoms with van der Waals surface area (Å²) < 4.78 is 22.5. The van der Waals surface area contributed by atoms with Crippen LogP contribution in [0.5, 0.6) is 17.2 Å². The zero-order valence-electron chi connectivity index (χ0n) is 19.6. The molecule has 0 radical (unpaired) electrons. The first-order valence-electron chi connectivity index (χ1n) is 10.7. The van der Waals surface area contributed by atoms with E-state index in [0.717, 1.165) is 51.6 Å². The van der Waals surface area contributed by atoms with Crippen molar-refractivity contribution in [3.8, 4) is 28.4 Å². The SMILES string of the molecule is CCCCNC(=O)/C=C(\C)c1cc2c(-c3ccc(OC)c(OC)c3)coc2c(C)c1OC. The third-order valence-corrected chi connectivity index (χ3v) is 5.54. The predicted molar refractivity (Wildman–Crippen MR) is 128 cm³/mol. The Hall–Kier alpha value is -3.41. The van der Waals surface area contributed by atoms with Crippen molar-refractivity contribution in [1.29, 1.82) is 0 Å². The highest BCUT2D eigenvalue weighted by Crippen LogP contribution is 2.42. The third kappa shape index (κ3) is 4.59. The number of carbonyl (C=O) groups is 1. The van der Waals surface area contributed by atoms with Crippen LogP contribution in [-0.4, -0.2) is 33.8 Å². The summed E-state index contributed by atoms with van der Waals surface area (Å²) in [5, 5.41) is 3.86. The van der Waals surface area contributed by atoms with Gasteiger partial charge in [0.05, 0.1) is 27.6 Å².